The Morgan fingerprint density at radius 2 is 1.58 bits per heavy atom. The first-order chi connectivity index (χ1) is 24.9. The van der Waals surface area contributed by atoms with E-state index in [0.29, 0.717) is 17.7 Å². The summed E-state index contributed by atoms with van der Waals surface area (Å²) in [6, 6.07) is 25.2. The Labute approximate surface area is 302 Å². The van der Waals surface area contributed by atoms with Crippen molar-refractivity contribution in [2.75, 3.05) is 52.2 Å². The van der Waals surface area contributed by atoms with Gasteiger partial charge in [-0.2, -0.15) is 4.98 Å². The molecular weight excluding hydrogens is 685 g/mol. The van der Waals surface area contributed by atoms with Crippen LogP contribution in [0.2, 0.25) is 0 Å². The molecule has 0 spiro atoms. The summed E-state index contributed by atoms with van der Waals surface area (Å²) in [6.45, 7) is 7.26. The molecule has 5 aromatic rings. The van der Waals surface area contributed by atoms with E-state index in [2.05, 4.69) is 20.3 Å². The zero-order valence-corrected chi connectivity index (χ0v) is 31.0. The highest BCUT2D eigenvalue weighted by atomic mass is 31.2. The smallest absolute Gasteiger partial charge is 0.280 e. The van der Waals surface area contributed by atoms with E-state index in [0.717, 1.165) is 16.7 Å². The van der Waals surface area contributed by atoms with Crippen molar-refractivity contribution in [3.05, 3.63) is 112 Å². The molecule has 1 aliphatic heterocycles. The van der Waals surface area contributed by atoms with Crippen LogP contribution in [0.1, 0.15) is 36.8 Å². The van der Waals surface area contributed by atoms with Gasteiger partial charge in [0.05, 0.1) is 40.9 Å². The van der Waals surface area contributed by atoms with Gasteiger partial charge >= 0.3 is 0 Å². The van der Waals surface area contributed by atoms with Crippen LogP contribution in [-0.2, 0) is 29.2 Å². The Morgan fingerprint density at radius 1 is 0.981 bits per heavy atom. The lowest BCUT2D eigenvalue weighted by Crippen LogP contribution is -2.44. The number of nitrogens with one attached hydrogen (secondary N) is 2. The van der Waals surface area contributed by atoms with Crippen molar-refractivity contribution in [1.29, 1.82) is 0 Å². The molecule has 0 radical (unpaired) electrons. The fourth-order valence-corrected chi connectivity index (χ4v) is 6.72. The lowest BCUT2D eigenvalue weighted by atomic mass is 9.79. The molecule has 52 heavy (non-hydrogen) atoms. The van der Waals surface area contributed by atoms with Gasteiger partial charge < -0.3 is 28.2 Å². The Morgan fingerprint density at radius 3 is 2.13 bits per heavy atom. The number of hydrogen-bond donors (Lipinski definition) is 2. The van der Waals surface area contributed by atoms with Gasteiger partial charge in [-0.1, -0.05) is 68.4 Å². The van der Waals surface area contributed by atoms with Crippen molar-refractivity contribution in [1.82, 2.24) is 19.5 Å². The van der Waals surface area contributed by atoms with Crippen LogP contribution in [0.15, 0.2) is 90.0 Å². The van der Waals surface area contributed by atoms with E-state index < -0.39 is 36.7 Å². The van der Waals surface area contributed by atoms with Crippen LogP contribution >= 0.6 is 7.14 Å². The Bertz CT molecular complexity index is 2050. The van der Waals surface area contributed by atoms with Crippen molar-refractivity contribution in [3.63, 3.8) is 0 Å². The number of hydrogen-bond acceptors (Lipinski definition) is 10. The third-order valence-electron chi connectivity index (χ3n) is 9.00. The minimum absolute atomic E-state index is 0.0158. The van der Waals surface area contributed by atoms with Crippen molar-refractivity contribution in [3.8, 4) is 11.5 Å². The molecule has 6 rings (SSSR count). The highest BCUT2D eigenvalue weighted by Gasteiger charge is 2.49. The second-order valence-corrected chi connectivity index (χ2v) is 17.0. The predicted octanol–water partition coefficient (Wildman–Crippen LogP) is 5.65. The van der Waals surface area contributed by atoms with E-state index in [9.17, 15) is 14.2 Å². The number of ether oxygens (including phenoxy) is 5. The van der Waals surface area contributed by atoms with Crippen molar-refractivity contribution in [2.24, 2.45) is 5.92 Å². The molecule has 0 bridgehead atoms. The van der Waals surface area contributed by atoms with Gasteiger partial charge in [0.2, 0.25) is 11.9 Å². The number of carbonyl (C=O) groups excluding carboxylic acids is 1. The molecule has 0 saturated carbocycles. The number of aromatic nitrogens is 4. The van der Waals surface area contributed by atoms with E-state index in [4.69, 9.17) is 23.7 Å². The third-order valence-corrected chi connectivity index (χ3v) is 10.3. The van der Waals surface area contributed by atoms with Gasteiger partial charge in [0.15, 0.2) is 17.4 Å². The molecule has 13 nitrogen and oxygen atoms in total. The van der Waals surface area contributed by atoms with Crippen LogP contribution in [0.5, 0.6) is 11.5 Å². The van der Waals surface area contributed by atoms with Crippen LogP contribution in [0.3, 0.4) is 0 Å². The first-order valence-electron chi connectivity index (χ1n) is 17.0. The number of H-pyrrole nitrogens is 1. The second kappa shape index (κ2) is 15.4. The molecule has 1 saturated heterocycles. The molecule has 2 N–H and O–H groups in total. The van der Waals surface area contributed by atoms with Gasteiger partial charge in [-0.05, 0) is 54.3 Å². The summed E-state index contributed by atoms with van der Waals surface area (Å²) in [5, 5.41) is 2.67. The quantitative estimate of drug-likeness (QED) is 0.108. The zero-order valence-electron chi connectivity index (χ0n) is 30.1. The maximum atomic E-state index is 13.2. The summed E-state index contributed by atoms with van der Waals surface area (Å²) in [5.74, 6) is 0.681. The molecule has 2 aromatic heterocycles. The molecule has 1 aliphatic rings. The summed E-state index contributed by atoms with van der Waals surface area (Å²) >= 11 is 0. The minimum Gasteiger partial charge on any atom is -0.497 e. The highest BCUT2D eigenvalue weighted by molar-refractivity contribution is 7.62. The summed E-state index contributed by atoms with van der Waals surface area (Å²) < 4.78 is 45.8. The topological polar surface area (TPSA) is 156 Å². The lowest BCUT2D eigenvalue weighted by Gasteiger charge is -2.40. The fraction of sp³-hybridized carbons (Fsp3) is 0.368. The van der Waals surface area contributed by atoms with Crippen LogP contribution in [-0.4, -0.2) is 84.6 Å². The molecule has 14 heteroatoms. The van der Waals surface area contributed by atoms with Gasteiger partial charge in [-0.25, -0.2) is 4.98 Å². The maximum Gasteiger partial charge on any atom is 0.280 e. The van der Waals surface area contributed by atoms with Crippen LogP contribution < -0.4 is 20.3 Å². The number of carbonyl (C=O) groups is 1. The van der Waals surface area contributed by atoms with E-state index in [-0.39, 0.29) is 42.2 Å². The first kappa shape index (κ1) is 37.0. The molecule has 3 atom stereocenters. The van der Waals surface area contributed by atoms with Crippen LogP contribution in [0.4, 0.5) is 5.95 Å². The van der Waals surface area contributed by atoms with Crippen LogP contribution in [0.25, 0.3) is 11.2 Å². The molecule has 0 unspecified atom stereocenters. The largest absolute Gasteiger partial charge is 0.497 e. The lowest BCUT2D eigenvalue weighted by molar-refractivity contribution is -0.130. The number of methoxy groups -OCH3 is 2. The number of rotatable bonds is 14. The highest BCUT2D eigenvalue weighted by Crippen LogP contribution is 2.46. The molecular formula is C38H44N5O8P. The Hall–Kier alpha value is -4.81. The zero-order chi connectivity index (χ0) is 37.0. The second-order valence-electron chi connectivity index (χ2n) is 13.4. The maximum absolute atomic E-state index is 13.2. The van der Waals surface area contributed by atoms with Crippen molar-refractivity contribution in [2.45, 2.75) is 37.9 Å². The van der Waals surface area contributed by atoms with E-state index >= 15 is 0 Å². The number of nitrogens with zero attached hydrogens (tertiary/aromatic N) is 3. The summed E-state index contributed by atoms with van der Waals surface area (Å²) in [4.78, 5) is 37.3. The number of anilines is 1. The number of amides is 1. The average Bonchev–Trinajstić information content (AvgIpc) is 3.74. The molecule has 1 amide bonds. The van der Waals surface area contributed by atoms with Crippen LogP contribution in [0, 0.1) is 5.92 Å². The first-order valence-corrected chi connectivity index (χ1v) is 19.8. The Balaban J connectivity index is 1.53. The normalized spacial score (nSPS) is 17.8. The minimum atomic E-state index is -2.40. The molecule has 0 aliphatic carbocycles. The average molecular weight is 730 g/mol. The monoisotopic (exact) mass is 729 g/mol. The molecule has 274 valence electrons. The number of imidazole rings is 1. The Kier molecular flexibility index (Phi) is 11.0. The van der Waals surface area contributed by atoms with E-state index in [1.807, 2.05) is 78.9 Å². The van der Waals surface area contributed by atoms with Gasteiger partial charge in [0.1, 0.15) is 29.3 Å². The number of benzene rings is 3. The number of fused-ring (bicyclic) bond motifs is 1. The van der Waals surface area contributed by atoms with Gasteiger partial charge in [-0.15, -0.1) is 0 Å². The van der Waals surface area contributed by atoms with Gasteiger partial charge in [-0.3, -0.25) is 24.5 Å². The summed E-state index contributed by atoms with van der Waals surface area (Å²) in [6.07, 6.45) is -0.541. The predicted molar refractivity (Wildman–Crippen MR) is 198 cm³/mol. The van der Waals surface area contributed by atoms with E-state index in [1.54, 1.807) is 46.0 Å². The molecule has 1 fully saturated rings. The standard InChI is InChI=1S/C38H44N5O8P/c1-24(2)34(44)41-37-40-33-31(35(45)42-37)39-23-43(33)36-32(30(22-50-36)49-20-21-52(5,6)46)51-38(25-10-8-7-9-11-25,26-12-16-28(47-3)17-13-26)27-14-18-29(48-4)19-15-27/h7-19,23-24,30,32,36H,20-22H2,1-6H3,(H2,40,41,42,44,45)/t30-,32+,36+/m0/s1. The molecule has 3 heterocycles. The van der Waals surface area contributed by atoms with Crippen molar-refractivity contribution >= 4 is 30.2 Å². The van der Waals surface area contributed by atoms with Gasteiger partial charge in [0, 0.05) is 12.1 Å². The molecule has 3 aromatic carbocycles. The summed E-state index contributed by atoms with van der Waals surface area (Å²) in [5.41, 5.74) is 0.891. The number of aromatic amines is 1. The fourth-order valence-electron chi connectivity index (χ4n) is 6.17. The van der Waals surface area contributed by atoms with Gasteiger partial charge in [0.25, 0.3) is 5.56 Å². The SMILES string of the molecule is COc1ccc(C(O[C@@H]2[C@@H](OCCP(C)(C)=O)CO[C@H]2n2cnc3c(=O)[nH]c(NC(=O)C(C)C)nc32)(c2ccccc2)c2ccc(OC)cc2)cc1. The third kappa shape index (κ3) is 7.68. The van der Waals surface area contributed by atoms with E-state index in [1.165, 1.54) is 6.33 Å². The summed E-state index contributed by atoms with van der Waals surface area (Å²) in [7, 11) is 0.829. The van der Waals surface area contributed by atoms with Crippen molar-refractivity contribution < 1.29 is 33.0 Å².